The van der Waals surface area contributed by atoms with Crippen molar-refractivity contribution < 1.29 is 13.8 Å². The standard InChI is InChI=1S/C19H16FN7O2S/c20-13-5-3-11(4-6-13)15-12(10-22-23-15)9-14-18(28)27(19(21)30-14)17-16(24-29-25-17)26-7-1-2-8-26/h1-9,12,15,21-23H,10H2/b14-9-,21-19?. The molecule has 2 atom stereocenters. The van der Waals surface area contributed by atoms with Gasteiger partial charge in [-0.25, -0.2) is 19.3 Å². The molecule has 4 heterocycles. The van der Waals surface area contributed by atoms with Gasteiger partial charge < -0.3 is 4.57 Å². The molecule has 0 radical (unpaired) electrons. The fraction of sp³-hybridized carbons (Fsp3) is 0.158. The molecule has 2 saturated heterocycles. The number of aromatic nitrogens is 3. The van der Waals surface area contributed by atoms with Gasteiger partial charge in [-0.3, -0.25) is 15.6 Å². The second kappa shape index (κ2) is 7.52. The first-order valence-corrected chi connectivity index (χ1v) is 9.96. The molecule has 2 unspecified atom stereocenters. The minimum absolute atomic E-state index is 0.0209. The third kappa shape index (κ3) is 3.22. The zero-order chi connectivity index (χ0) is 20.7. The molecule has 2 aromatic heterocycles. The lowest BCUT2D eigenvalue weighted by atomic mass is 9.94. The van der Waals surface area contributed by atoms with Gasteiger partial charge in [0.15, 0.2) is 5.17 Å². The predicted molar refractivity (Wildman–Crippen MR) is 108 cm³/mol. The number of rotatable bonds is 4. The van der Waals surface area contributed by atoms with E-state index in [1.54, 1.807) is 29.1 Å². The van der Waals surface area contributed by atoms with Crippen LogP contribution in [0.3, 0.4) is 0 Å². The lowest BCUT2D eigenvalue weighted by Gasteiger charge is -2.16. The molecule has 152 valence electrons. The number of halogens is 1. The third-order valence-electron chi connectivity index (χ3n) is 4.96. The molecule has 3 N–H and O–H groups in total. The highest BCUT2D eigenvalue weighted by Gasteiger charge is 2.39. The molecule has 30 heavy (non-hydrogen) atoms. The summed E-state index contributed by atoms with van der Waals surface area (Å²) in [4.78, 5) is 14.7. The van der Waals surface area contributed by atoms with Gasteiger partial charge in [-0.15, -0.1) is 0 Å². The summed E-state index contributed by atoms with van der Waals surface area (Å²) in [6.45, 7) is 0.590. The summed E-state index contributed by atoms with van der Waals surface area (Å²) in [6.07, 6.45) is 5.34. The van der Waals surface area contributed by atoms with Crippen LogP contribution in [0.1, 0.15) is 11.6 Å². The minimum Gasteiger partial charge on any atom is -0.303 e. The zero-order valence-corrected chi connectivity index (χ0v) is 16.3. The quantitative estimate of drug-likeness (QED) is 0.550. The van der Waals surface area contributed by atoms with E-state index in [0.29, 0.717) is 17.3 Å². The number of hydrogen-bond donors (Lipinski definition) is 3. The van der Waals surface area contributed by atoms with E-state index in [2.05, 4.69) is 21.2 Å². The molecule has 5 rings (SSSR count). The Balaban J connectivity index is 1.43. The molecule has 3 aromatic rings. The maximum Gasteiger partial charge on any atom is 0.272 e. The fourth-order valence-electron chi connectivity index (χ4n) is 3.51. The van der Waals surface area contributed by atoms with E-state index in [0.717, 1.165) is 17.3 Å². The number of hydrogen-bond acceptors (Lipinski definition) is 8. The number of anilines is 1. The van der Waals surface area contributed by atoms with E-state index in [4.69, 9.17) is 10.0 Å². The van der Waals surface area contributed by atoms with Gasteiger partial charge >= 0.3 is 0 Å². The van der Waals surface area contributed by atoms with E-state index < -0.39 is 0 Å². The number of nitrogens with one attached hydrogen (secondary N) is 3. The molecule has 2 fully saturated rings. The third-order valence-corrected chi connectivity index (χ3v) is 5.86. The molecule has 1 aromatic carbocycles. The number of amidine groups is 1. The molecule has 2 aliphatic heterocycles. The Morgan fingerprint density at radius 1 is 1.20 bits per heavy atom. The Labute approximate surface area is 174 Å². The summed E-state index contributed by atoms with van der Waals surface area (Å²) >= 11 is 1.06. The van der Waals surface area contributed by atoms with E-state index in [9.17, 15) is 9.18 Å². The van der Waals surface area contributed by atoms with Gasteiger partial charge in [0.1, 0.15) is 5.82 Å². The predicted octanol–water partition coefficient (Wildman–Crippen LogP) is 2.36. The van der Waals surface area contributed by atoms with Gasteiger partial charge in [-0.1, -0.05) is 18.2 Å². The normalized spacial score (nSPS) is 23.1. The minimum atomic E-state index is -0.362. The van der Waals surface area contributed by atoms with Crippen molar-refractivity contribution in [2.24, 2.45) is 5.92 Å². The number of hydrazine groups is 1. The molecule has 11 heteroatoms. The molecule has 2 aliphatic rings. The number of thioether (sulfide) groups is 1. The molecule has 0 aliphatic carbocycles. The van der Waals surface area contributed by atoms with Crippen LogP contribution in [0.25, 0.3) is 5.82 Å². The van der Waals surface area contributed by atoms with Crippen LogP contribution in [0.5, 0.6) is 0 Å². The highest BCUT2D eigenvalue weighted by molar-refractivity contribution is 8.19. The Morgan fingerprint density at radius 2 is 1.93 bits per heavy atom. The average Bonchev–Trinajstić information content (AvgIpc) is 3.51. The monoisotopic (exact) mass is 425 g/mol. The van der Waals surface area contributed by atoms with Gasteiger partial charge in [0.2, 0.25) is 11.6 Å². The molecule has 0 saturated carbocycles. The first-order valence-electron chi connectivity index (χ1n) is 9.14. The van der Waals surface area contributed by atoms with Gasteiger partial charge in [-0.2, -0.15) is 0 Å². The molecular weight excluding hydrogens is 409 g/mol. The largest absolute Gasteiger partial charge is 0.303 e. The van der Waals surface area contributed by atoms with Gasteiger partial charge in [-0.05, 0) is 51.9 Å². The van der Waals surface area contributed by atoms with Crippen LogP contribution >= 0.6 is 11.8 Å². The Bertz CT molecular complexity index is 1130. The number of carbonyl (C=O) groups excluding carboxylic acids is 1. The summed E-state index contributed by atoms with van der Waals surface area (Å²) in [6, 6.07) is 9.75. The van der Waals surface area contributed by atoms with Gasteiger partial charge in [0, 0.05) is 24.9 Å². The highest BCUT2D eigenvalue weighted by atomic mass is 32.2. The lowest BCUT2D eigenvalue weighted by Crippen LogP contribution is -2.29. The van der Waals surface area contributed by atoms with E-state index in [1.807, 2.05) is 18.2 Å². The Hall–Kier alpha value is -3.28. The van der Waals surface area contributed by atoms with Crippen molar-refractivity contribution in [3.63, 3.8) is 0 Å². The SMILES string of the molecule is N=C1S/C(=C\C2CNNC2c2ccc(F)cc2)C(=O)N1c1nonc1-n1cccc1. The molecule has 0 spiro atoms. The van der Waals surface area contributed by atoms with Crippen molar-refractivity contribution in [1.29, 1.82) is 5.41 Å². The smallest absolute Gasteiger partial charge is 0.272 e. The average molecular weight is 425 g/mol. The molecular formula is C19H16FN7O2S. The van der Waals surface area contributed by atoms with Crippen molar-refractivity contribution in [2.45, 2.75) is 6.04 Å². The summed E-state index contributed by atoms with van der Waals surface area (Å²) in [5, 5.41) is 16.0. The topological polar surface area (TPSA) is 112 Å². The van der Waals surface area contributed by atoms with Gasteiger partial charge in [0.05, 0.1) is 10.9 Å². The van der Waals surface area contributed by atoms with Crippen molar-refractivity contribution in [3.8, 4) is 5.82 Å². The van der Waals surface area contributed by atoms with Crippen LogP contribution in [0, 0.1) is 17.1 Å². The van der Waals surface area contributed by atoms with Crippen LogP contribution in [0.4, 0.5) is 10.2 Å². The van der Waals surface area contributed by atoms with E-state index in [1.165, 1.54) is 17.0 Å². The zero-order valence-electron chi connectivity index (χ0n) is 15.4. The lowest BCUT2D eigenvalue weighted by molar-refractivity contribution is -0.113. The molecule has 0 bridgehead atoms. The Kier molecular flexibility index (Phi) is 4.69. The summed E-state index contributed by atoms with van der Waals surface area (Å²) in [7, 11) is 0. The highest BCUT2D eigenvalue weighted by Crippen LogP contribution is 2.37. The van der Waals surface area contributed by atoms with Crippen molar-refractivity contribution in [2.75, 3.05) is 11.4 Å². The van der Waals surface area contributed by atoms with Crippen molar-refractivity contribution in [1.82, 2.24) is 25.7 Å². The van der Waals surface area contributed by atoms with Crippen molar-refractivity contribution >= 4 is 28.7 Å². The fourth-order valence-corrected chi connectivity index (χ4v) is 4.40. The van der Waals surface area contributed by atoms with Crippen LogP contribution in [0.2, 0.25) is 0 Å². The van der Waals surface area contributed by atoms with Crippen molar-refractivity contribution in [3.05, 3.63) is 71.2 Å². The second-order valence-corrected chi connectivity index (χ2v) is 7.83. The number of nitrogens with zero attached hydrogens (tertiary/aromatic N) is 4. The van der Waals surface area contributed by atoms with Crippen LogP contribution in [-0.4, -0.2) is 32.5 Å². The first-order chi connectivity index (χ1) is 14.6. The Morgan fingerprint density at radius 3 is 2.70 bits per heavy atom. The second-order valence-electron chi connectivity index (χ2n) is 6.80. The van der Waals surface area contributed by atoms with Crippen LogP contribution in [0.15, 0.2) is 64.4 Å². The first kappa shape index (κ1) is 18.7. The maximum absolute atomic E-state index is 13.3. The number of amides is 1. The van der Waals surface area contributed by atoms with Gasteiger partial charge in [0.25, 0.3) is 5.91 Å². The number of benzene rings is 1. The molecule has 9 nitrogen and oxygen atoms in total. The summed E-state index contributed by atoms with van der Waals surface area (Å²) in [5.41, 5.74) is 7.15. The number of carbonyl (C=O) groups is 1. The maximum atomic E-state index is 13.3. The summed E-state index contributed by atoms with van der Waals surface area (Å²) < 4.78 is 19.8. The van der Waals surface area contributed by atoms with Crippen LogP contribution < -0.4 is 15.8 Å². The van der Waals surface area contributed by atoms with E-state index >= 15 is 0 Å². The summed E-state index contributed by atoms with van der Waals surface area (Å²) in [5.74, 6) is -0.235. The molecule has 1 amide bonds. The van der Waals surface area contributed by atoms with E-state index in [-0.39, 0.29) is 34.7 Å². The van der Waals surface area contributed by atoms with Crippen LogP contribution in [-0.2, 0) is 4.79 Å².